The molecule has 0 fully saturated rings. The van der Waals surface area contributed by atoms with E-state index in [-0.39, 0.29) is 17.4 Å². The third-order valence-electron chi connectivity index (χ3n) is 5.57. The number of nitrogens with zero attached hydrogens (tertiary/aromatic N) is 3. The Morgan fingerprint density at radius 2 is 1.78 bits per heavy atom. The molecule has 2 aromatic carbocycles. The molecular formula is C25H25Cl3N6O2. The van der Waals surface area contributed by atoms with E-state index in [0.717, 1.165) is 5.56 Å². The smallest absolute Gasteiger partial charge is 0.262 e. The van der Waals surface area contributed by atoms with Crippen LogP contribution in [0.3, 0.4) is 0 Å². The predicted octanol–water partition coefficient (Wildman–Crippen LogP) is 5.33. The highest BCUT2D eigenvalue weighted by Gasteiger charge is 2.23. The van der Waals surface area contributed by atoms with Crippen LogP contribution in [0.1, 0.15) is 43.3 Å². The molecule has 3 N–H and O–H groups in total. The Kier molecular flexibility index (Phi) is 8.00. The molecule has 0 aliphatic carbocycles. The molecule has 0 bridgehead atoms. The van der Waals surface area contributed by atoms with E-state index in [9.17, 15) is 9.59 Å². The van der Waals surface area contributed by atoms with Gasteiger partial charge in [-0.2, -0.15) is 5.10 Å². The Morgan fingerprint density at radius 1 is 1.11 bits per heavy atom. The number of hydrogen-bond acceptors (Lipinski definition) is 5. The summed E-state index contributed by atoms with van der Waals surface area (Å²) in [6, 6.07) is 10.5. The van der Waals surface area contributed by atoms with Crippen molar-refractivity contribution in [2.24, 2.45) is 0 Å². The number of carbonyl (C=O) groups excluding carboxylic acids is 1. The molecule has 0 radical (unpaired) electrons. The molecule has 1 amide bonds. The lowest BCUT2D eigenvalue weighted by Crippen LogP contribution is -2.18. The fourth-order valence-electron chi connectivity index (χ4n) is 3.84. The van der Waals surface area contributed by atoms with Gasteiger partial charge in [0.1, 0.15) is 16.9 Å². The van der Waals surface area contributed by atoms with Crippen LogP contribution in [0.25, 0.3) is 16.7 Å². The van der Waals surface area contributed by atoms with Crippen LogP contribution < -0.4 is 16.2 Å². The highest BCUT2D eigenvalue weighted by atomic mass is 35.5. The number of halogens is 3. The average Bonchev–Trinajstić information content (AvgIpc) is 3.18. The third kappa shape index (κ3) is 5.57. The maximum atomic E-state index is 13.2. The summed E-state index contributed by atoms with van der Waals surface area (Å²) < 4.78 is 1.51. The molecule has 0 saturated heterocycles. The van der Waals surface area contributed by atoms with Gasteiger partial charge in [0, 0.05) is 30.1 Å². The number of rotatable bonds is 8. The minimum absolute atomic E-state index is 0.0387. The number of benzene rings is 2. The minimum Gasteiger partial charge on any atom is -0.326 e. The summed E-state index contributed by atoms with van der Waals surface area (Å²) in [6.45, 7) is 4.50. The van der Waals surface area contributed by atoms with Crippen molar-refractivity contribution in [3.05, 3.63) is 78.9 Å². The number of H-pyrrole nitrogens is 1. The number of aromatic nitrogens is 4. The molecule has 0 aliphatic heterocycles. The summed E-state index contributed by atoms with van der Waals surface area (Å²) >= 11 is 19.0. The van der Waals surface area contributed by atoms with E-state index in [0.29, 0.717) is 68.4 Å². The fourth-order valence-corrected chi connectivity index (χ4v) is 4.82. The first kappa shape index (κ1) is 26.2. The zero-order chi connectivity index (χ0) is 26.0. The van der Waals surface area contributed by atoms with Crippen molar-refractivity contribution in [1.29, 1.82) is 0 Å². The Balaban J connectivity index is 1.71. The molecule has 36 heavy (non-hydrogen) atoms. The predicted molar refractivity (Wildman–Crippen MR) is 145 cm³/mol. The van der Waals surface area contributed by atoms with Gasteiger partial charge < -0.3 is 15.6 Å². The number of carbonyl (C=O) groups is 1. The quantitative estimate of drug-likeness (QED) is 0.276. The van der Waals surface area contributed by atoms with Crippen LogP contribution in [-0.4, -0.2) is 39.2 Å². The van der Waals surface area contributed by atoms with Crippen LogP contribution in [0, 0.1) is 0 Å². The summed E-state index contributed by atoms with van der Waals surface area (Å²) in [6.07, 6.45) is 0.751. The van der Waals surface area contributed by atoms with Gasteiger partial charge in [-0.05, 0) is 42.8 Å². The standard InChI is InChI=1S/C25H25Cl3N6O2/c1-13(2)22-21-24(34(33-22)23-17(27)11-15(26)12-18(23)28)31-19(32-25(21)36)10-14-4-6-16(7-5-14)30-20(35)8-9-29-3/h4-7,11-13,29H,8-10H2,1-3H3,(H,30,35)(H,31,32,36). The second-order valence-electron chi connectivity index (χ2n) is 8.66. The maximum Gasteiger partial charge on any atom is 0.262 e. The molecule has 0 atom stereocenters. The Labute approximate surface area is 223 Å². The number of fused-ring (bicyclic) bond motifs is 1. The summed E-state index contributed by atoms with van der Waals surface area (Å²) in [5, 5.41) is 11.8. The van der Waals surface area contributed by atoms with Crippen LogP contribution in [0.2, 0.25) is 15.1 Å². The molecular weight excluding hydrogens is 523 g/mol. The monoisotopic (exact) mass is 546 g/mol. The van der Waals surface area contributed by atoms with Crippen molar-refractivity contribution in [2.45, 2.75) is 32.6 Å². The molecule has 0 saturated carbocycles. The molecule has 4 rings (SSSR count). The van der Waals surface area contributed by atoms with E-state index >= 15 is 0 Å². The zero-order valence-electron chi connectivity index (χ0n) is 20.0. The van der Waals surface area contributed by atoms with Gasteiger partial charge in [-0.3, -0.25) is 9.59 Å². The molecule has 2 aromatic heterocycles. The first-order valence-corrected chi connectivity index (χ1v) is 12.5. The van der Waals surface area contributed by atoms with Crippen molar-refractivity contribution in [1.82, 2.24) is 25.1 Å². The van der Waals surface area contributed by atoms with Crippen LogP contribution in [0.4, 0.5) is 5.69 Å². The lowest BCUT2D eigenvalue weighted by Gasteiger charge is -2.09. The van der Waals surface area contributed by atoms with Crippen molar-refractivity contribution < 1.29 is 4.79 Å². The van der Waals surface area contributed by atoms with E-state index in [1.54, 1.807) is 19.2 Å². The number of aromatic amines is 1. The second-order valence-corrected chi connectivity index (χ2v) is 9.91. The molecule has 0 unspecified atom stereocenters. The minimum atomic E-state index is -0.292. The van der Waals surface area contributed by atoms with Crippen LogP contribution >= 0.6 is 34.8 Å². The maximum absolute atomic E-state index is 13.2. The fraction of sp³-hybridized carbons (Fsp3) is 0.280. The number of amides is 1. The van der Waals surface area contributed by atoms with Gasteiger partial charge in [-0.15, -0.1) is 0 Å². The highest BCUT2D eigenvalue weighted by molar-refractivity contribution is 6.40. The first-order valence-electron chi connectivity index (χ1n) is 11.4. The van der Waals surface area contributed by atoms with Gasteiger partial charge in [0.05, 0.1) is 15.7 Å². The summed E-state index contributed by atoms with van der Waals surface area (Å²) in [5.74, 6) is 0.349. The molecule has 8 nitrogen and oxygen atoms in total. The number of nitrogens with one attached hydrogen (secondary N) is 3. The van der Waals surface area contributed by atoms with E-state index < -0.39 is 0 Å². The normalized spacial score (nSPS) is 11.4. The zero-order valence-corrected chi connectivity index (χ0v) is 22.2. The van der Waals surface area contributed by atoms with Crippen molar-refractivity contribution in [3.63, 3.8) is 0 Å². The van der Waals surface area contributed by atoms with E-state index in [1.165, 1.54) is 4.68 Å². The van der Waals surface area contributed by atoms with Gasteiger partial charge in [0.15, 0.2) is 5.65 Å². The average molecular weight is 548 g/mol. The number of hydrogen-bond donors (Lipinski definition) is 3. The molecule has 0 aliphatic rings. The molecule has 0 spiro atoms. The van der Waals surface area contributed by atoms with Crippen molar-refractivity contribution in [2.75, 3.05) is 18.9 Å². The lowest BCUT2D eigenvalue weighted by atomic mass is 10.1. The van der Waals surface area contributed by atoms with Gasteiger partial charge in [0.25, 0.3) is 5.56 Å². The largest absolute Gasteiger partial charge is 0.326 e. The van der Waals surface area contributed by atoms with E-state index in [1.807, 2.05) is 38.1 Å². The first-order chi connectivity index (χ1) is 17.2. The van der Waals surface area contributed by atoms with Crippen molar-refractivity contribution in [3.8, 4) is 5.69 Å². The highest BCUT2D eigenvalue weighted by Crippen LogP contribution is 2.34. The Bertz CT molecular complexity index is 1450. The van der Waals surface area contributed by atoms with Crippen LogP contribution in [-0.2, 0) is 11.2 Å². The van der Waals surface area contributed by atoms with Gasteiger partial charge >= 0.3 is 0 Å². The van der Waals surface area contributed by atoms with Crippen LogP contribution in [0.5, 0.6) is 0 Å². The lowest BCUT2D eigenvalue weighted by molar-refractivity contribution is -0.116. The second kappa shape index (κ2) is 11.0. The topological polar surface area (TPSA) is 105 Å². The van der Waals surface area contributed by atoms with E-state index in [4.69, 9.17) is 39.8 Å². The van der Waals surface area contributed by atoms with Gasteiger partial charge in [-0.25, -0.2) is 9.67 Å². The molecule has 4 aromatic rings. The van der Waals surface area contributed by atoms with Gasteiger partial charge in [-0.1, -0.05) is 60.8 Å². The summed E-state index contributed by atoms with van der Waals surface area (Å²) in [7, 11) is 1.80. The van der Waals surface area contributed by atoms with Gasteiger partial charge in [0.2, 0.25) is 5.91 Å². The third-order valence-corrected chi connectivity index (χ3v) is 6.36. The van der Waals surface area contributed by atoms with E-state index in [2.05, 4.69) is 20.7 Å². The molecule has 2 heterocycles. The molecule has 188 valence electrons. The van der Waals surface area contributed by atoms with Crippen LogP contribution in [0.15, 0.2) is 41.2 Å². The summed E-state index contributed by atoms with van der Waals surface area (Å²) in [4.78, 5) is 32.7. The summed E-state index contributed by atoms with van der Waals surface area (Å²) in [5.41, 5.74) is 2.66. The van der Waals surface area contributed by atoms with Crippen molar-refractivity contribution >= 4 is 57.4 Å². The molecule has 11 heteroatoms. The number of anilines is 1. The Hall–Kier alpha value is -2.91. The SMILES string of the molecule is CNCCC(=O)Nc1ccc(Cc2nc3c(c(C(C)C)nn3-c3c(Cl)cc(Cl)cc3Cl)c(=O)[nH]2)cc1. The Morgan fingerprint density at radius 3 is 2.39 bits per heavy atom.